The fourth-order valence-corrected chi connectivity index (χ4v) is 2.68. The zero-order valence-corrected chi connectivity index (χ0v) is 12.9. The van der Waals surface area contributed by atoms with Crippen LogP contribution in [0.4, 0.5) is 0 Å². The van der Waals surface area contributed by atoms with Crippen LogP contribution in [0.15, 0.2) is 24.3 Å². The second-order valence-corrected chi connectivity index (χ2v) is 5.90. The smallest absolute Gasteiger partial charge is 0.222 e. The van der Waals surface area contributed by atoms with Gasteiger partial charge in [-0.15, -0.1) is 0 Å². The highest BCUT2D eigenvalue weighted by Gasteiger charge is 2.28. The van der Waals surface area contributed by atoms with E-state index in [1.54, 1.807) is 6.92 Å². The number of aliphatic hydroxyl groups excluding tert-OH is 1. The number of amides is 1. The molecule has 4 heteroatoms. The van der Waals surface area contributed by atoms with E-state index in [-0.39, 0.29) is 17.9 Å². The minimum atomic E-state index is -0.326. The molecular weight excluding hydrogens is 266 g/mol. The van der Waals surface area contributed by atoms with E-state index in [0.29, 0.717) is 19.6 Å². The maximum Gasteiger partial charge on any atom is 0.222 e. The van der Waals surface area contributed by atoms with E-state index < -0.39 is 0 Å². The van der Waals surface area contributed by atoms with Crippen LogP contribution < -0.4 is 4.74 Å². The number of benzene rings is 1. The number of nitrogens with zero attached hydrogens (tertiary/aromatic N) is 1. The summed E-state index contributed by atoms with van der Waals surface area (Å²) in [7, 11) is 0. The molecule has 1 fully saturated rings. The van der Waals surface area contributed by atoms with Gasteiger partial charge in [-0.1, -0.05) is 12.1 Å². The number of likely N-dealkylation sites (tertiary alicyclic amines) is 1. The largest absolute Gasteiger partial charge is 0.494 e. The van der Waals surface area contributed by atoms with Gasteiger partial charge in [0.1, 0.15) is 5.75 Å². The molecule has 1 aliphatic rings. The minimum Gasteiger partial charge on any atom is -0.494 e. The van der Waals surface area contributed by atoms with Crippen molar-refractivity contribution in [2.75, 3.05) is 19.7 Å². The molecule has 1 saturated heterocycles. The first-order valence-electron chi connectivity index (χ1n) is 7.71. The normalized spacial score (nSPS) is 19.6. The fourth-order valence-electron chi connectivity index (χ4n) is 2.68. The summed E-state index contributed by atoms with van der Waals surface area (Å²) in [6.45, 7) is 5.85. The van der Waals surface area contributed by atoms with E-state index in [1.807, 2.05) is 36.1 Å². The quantitative estimate of drug-likeness (QED) is 0.819. The van der Waals surface area contributed by atoms with Crippen LogP contribution in [0, 0.1) is 12.8 Å². The maximum atomic E-state index is 12.1. The lowest BCUT2D eigenvalue weighted by atomic mass is 10.0. The highest BCUT2D eigenvalue weighted by atomic mass is 16.5. The molecule has 1 amide bonds. The number of aliphatic hydroxyl groups is 1. The Morgan fingerprint density at radius 3 is 3.00 bits per heavy atom. The number of carbonyl (C=O) groups is 1. The molecule has 1 N–H and O–H groups in total. The van der Waals surface area contributed by atoms with E-state index in [4.69, 9.17) is 4.74 Å². The van der Waals surface area contributed by atoms with Gasteiger partial charge in [0.25, 0.3) is 0 Å². The third-order valence-electron chi connectivity index (χ3n) is 4.05. The van der Waals surface area contributed by atoms with Crippen molar-refractivity contribution in [2.24, 2.45) is 5.92 Å². The van der Waals surface area contributed by atoms with Crippen LogP contribution in [-0.4, -0.2) is 41.7 Å². The molecule has 1 aromatic rings. The average Bonchev–Trinajstić information content (AvgIpc) is 2.93. The van der Waals surface area contributed by atoms with Crippen molar-refractivity contribution in [2.45, 2.75) is 39.2 Å². The van der Waals surface area contributed by atoms with Crippen LogP contribution in [0.5, 0.6) is 5.75 Å². The topological polar surface area (TPSA) is 49.8 Å². The van der Waals surface area contributed by atoms with Gasteiger partial charge in [0.05, 0.1) is 12.7 Å². The van der Waals surface area contributed by atoms with Crippen molar-refractivity contribution in [3.63, 3.8) is 0 Å². The zero-order chi connectivity index (χ0) is 15.2. The number of rotatable bonds is 6. The summed E-state index contributed by atoms with van der Waals surface area (Å²) in [5.41, 5.74) is 1.17. The van der Waals surface area contributed by atoms with Gasteiger partial charge in [-0.2, -0.15) is 0 Å². The van der Waals surface area contributed by atoms with E-state index in [9.17, 15) is 9.90 Å². The Bertz CT molecular complexity index is 473. The Balaban J connectivity index is 1.66. The minimum absolute atomic E-state index is 0.172. The Hall–Kier alpha value is -1.55. The van der Waals surface area contributed by atoms with Gasteiger partial charge in [-0.3, -0.25) is 4.79 Å². The summed E-state index contributed by atoms with van der Waals surface area (Å²) in [5.74, 6) is 1.27. The Labute approximate surface area is 126 Å². The molecule has 0 aliphatic carbocycles. The summed E-state index contributed by atoms with van der Waals surface area (Å²) in [5, 5.41) is 9.56. The third kappa shape index (κ3) is 4.74. The van der Waals surface area contributed by atoms with Crippen LogP contribution >= 0.6 is 0 Å². The molecular formula is C17H25NO3. The standard InChI is InChI=1S/C17H25NO3/c1-13-5-3-6-16(11-13)21-10-4-7-17(20)18-9-8-15(12-18)14(2)19/h3,5-6,11,14-15,19H,4,7-10,12H2,1-2H3. The molecule has 0 spiro atoms. The number of hydrogen-bond donors (Lipinski definition) is 1. The Morgan fingerprint density at radius 1 is 1.52 bits per heavy atom. The Kier molecular flexibility index (Phi) is 5.62. The van der Waals surface area contributed by atoms with Crippen LogP contribution in [0.2, 0.25) is 0 Å². The molecule has 1 heterocycles. The molecule has 4 nitrogen and oxygen atoms in total. The van der Waals surface area contributed by atoms with Crippen molar-refractivity contribution in [1.29, 1.82) is 0 Å². The summed E-state index contributed by atoms with van der Waals surface area (Å²) in [6, 6.07) is 7.93. The van der Waals surface area contributed by atoms with Crippen LogP contribution in [0.1, 0.15) is 31.7 Å². The number of hydrogen-bond acceptors (Lipinski definition) is 3. The first-order valence-corrected chi connectivity index (χ1v) is 7.71. The molecule has 1 aliphatic heterocycles. The molecule has 2 rings (SSSR count). The lowest BCUT2D eigenvalue weighted by Gasteiger charge is -2.17. The van der Waals surface area contributed by atoms with Gasteiger partial charge in [0.15, 0.2) is 0 Å². The van der Waals surface area contributed by atoms with E-state index >= 15 is 0 Å². The first kappa shape index (κ1) is 15.8. The maximum absolute atomic E-state index is 12.1. The third-order valence-corrected chi connectivity index (χ3v) is 4.05. The monoisotopic (exact) mass is 291 g/mol. The molecule has 2 unspecified atom stereocenters. The van der Waals surface area contributed by atoms with E-state index in [1.165, 1.54) is 5.56 Å². The van der Waals surface area contributed by atoms with Crippen molar-refractivity contribution in [1.82, 2.24) is 4.90 Å². The molecule has 0 bridgehead atoms. The molecule has 0 aromatic heterocycles. The first-order chi connectivity index (χ1) is 10.1. The number of carbonyl (C=O) groups excluding carboxylic acids is 1. The second-order valence-electron chi connectivity index (χ2n) is 5.90. The van der Waals surface area contributed by atoms with Crippen LogP contribution in [0.25, 0.3) is 0 Å². The average molecular weight is 291 g/mol. The summed E-state index contributed by atoms with van der Waals surface area (Å²) in [4.78, 5) is 13.9. The van der Waals surface area contributed by atoms with E-state index in [0.717, 1.165) is 25.1 Å². The predicted octanol–water partition coefficient (Wildman–Crippen LogP) is 2.38. The van der Waals surface area contributed by atoms with Gasteiger partial charge in [0.2, 0.25) is 5.91 Å². The van der Waals surface area contributed by atoms with Crippen molar-refractivity contribution < 1.29 is 14.6 Å². The highest BCUT2D eigenvalue weighted by Crippen LogP contribution is 2.20. The summed E-state index contributed by atoms with van der Waals surface area (Å²) >= 11 is 0. The van der Waals surface area contributed by atoms with Crippen molar-refractivity contribution >= 4 is 5.91 Å². The molecule has 0 saturated carbocycles. The van der Waals surface area contributed by atoms with Gasteiger partial charge in [-0.25, -0.2) is 0 Å². The molecule has 1 aromatic carbocycles. The molecule has 2 atom stereocenters. The molecule has 0 radical (unpaired) electrons. The Morgan fingerprint density at radius 2 is 2.33 bits per heavy atom. The second kappa shape index (κ2) is 7.46. The van der Waals surface area contributed by atoms with Gasteiger partial charge in [-0.05, 0) is 44.4 Å². The van der Waals surface area contributed by atoms with Crippen molar-refractivity contribution in [3.8, 4) is 5.75 Å². The van der Waals surface area contributed by atoms with Crippen molar-refractivity contribution in [3.05, 3.63) is 29.8 Å². The summed E-state index contributed by atoms with van der Waals surface area (Å²) in [6.07, 6.45) is 1.82. The predicted molar refractivity (Wildman–Crippen MR) is 82.3 cm³/mol. The van der Waals surface area contributed by atoms with Gasteiger partial charge >= 0.3 is 0 Å². The fraction of sp³-hybridized carbons (Fsp3) is 0.588. The molecule has 21 heavy (non-hydrogen) atoms. The van der Waals surface area contributed by atoms with E-state index in [2.05, 4.69) is 0 Å². The van der Waals surface area contributed by atoms with Crippen LogP contribution in [0.3, 0.4) is 0 Å². The number of ether oxygens (including phenoxy) is 1. The highest BCUT2D eigenvalue weighted by molar-refractivity contribution is 5.76. The lowest BCUT2D eigenvalue weighted by Crippen LogP contribution is -2.30. The SMILES string of the molecule is Cc1cccc(OCCCC(=O)N2CCC(C(C)O)C2)c1. The summed E-state index contributed by atoms with van der Waals surface area (Å²) < 4.78 is 5.65. The van der Waals surface area contributed by atoms with Gasteiger partial charge < -0.3 is 14.7 Å². The lowest BCUT2D eigenvalue weighted by molar-refractivity contribution is -0.130. The zero-order valence-electron chi connectivity index (χ0n) is 12.9. The number of aryl methyl sites for hydroxylation is 1. The van der Waals surface area contributed by atoms with Gasteiger partial charge in [0, 0.05) is 25.4 Å². The molecule has 116 valence electrons. The van der Waals surface area contributed by atoms with Crippen LogP contribution in [-0.2, 0) is 4.79 Å².